The first-order chi connectivity index (χ1) is 8.07. The second kappa shape index (κ2) is 10.5. The number of hydrogen-bond acceptors (Lipinski definition) is 4. The summed E-state index contributed by atoms with van der Waals surface area (Å²) in [6.45, 7) is 7.14. The Kier molecular flexibility index (Phi) is 10.1. The van der Waals surface area contributed by atoms with Gasteiger partial charge in [0.25, 0.3) is 0 Å². The number of carbonyl (C=O) groups is 1. The van der Waals surface area contributed by atoms with Gasteiger partial charge in [-0.1, -0.05) is 0 Å². The Balaban J connectivity index is 3.30. The summed E-state index contributed by atoms with van der Waals surface area (Å²) in [6.07, 6.45) is 2.10. The van der Waals surface area contributed by atoms with Gasteiger partial charge in [-0.15, -0.1) is 0 Å². The molecular weight excluding hydrogens is 218 g/mol. The first-order valence-electron chi connectivity index (χ1n) is 6.32. The summed E-state index contributed by atoms with van der Waals surface area (Å²) in [4.78, 5) is 13.5. The first kappa shape index (κ1) is 16.4. The average Bonchev–Trinajstić information content (AvgIpc) is 2.28. The zero-order valence-electron chi connectivity index (χ0n) is 11.4. The fourth-order valence-corrected chi connectivity index (χ4v) is 1.27. The molecule has 0 rings (SSSR count). The highest BCUT2D eigenvalue weighted by Gasteiger charge is 2.03. The summed E-state index contributed by atoms with van der Waals surface area (Å²) < 4.78 is 5.03. The van der Waals surface area contributed by atoms with Crippen LogP contribution >= 0.6 is 0 Å². The van der Waals surface area contributed by atoms with Gasteiger partial charge in [0, 0.05) is 19.1 Å². The third kappa shape index (κ3) is 10.2. The van der Waals surface area contributed by atoms with Crippen molar-refractivity contribution in [2.24, 2.45) is 5.73 Å². The van der Waals surface area contributed by atoms with Crippen LogP contribution in [-0.2, 0) is 9.53 Å². The highest BCUT2D eigenvalue weighted by Crippen LogP contribution is 1.97. The third-order valence-corrected chi connectivity index (χ3v) is 2.64. The molecule has 0 saturated carbocycles. The van der Waals surface area contributed by atoms with Gasteiger partial charge in [0.2, 0.25) is 5.91 Å². The minimum Gasteiger partial charge on any atom is -0.370 e. The van der Waals surface area contributed by atoms with E-state index in [9.17, 15) is 4.79 Å². The highest BCUT2D eigenvalue weighted by molar-refractivity contribution is 5.77. The Bertz CT molecular complexity index is 198. The smallest absolute Gasteiger partial charge is 0.245 e. The van der Waals surface area contributed by atoms with Gasteiger partial charge in [-0.2, -0.15) is 0 Å². The van der Waals surface area contributed by atoms with E-state index in [-0.39, 0.29) is 12.5 Å². The lowest BCUT2D eigenvalue weighted by Crippen LogP contribution is -2.31. The zero-order valence-corrected chi connectivity index (χ0v) is 11.4. The van der Waals surface area contributed by atoms with Crippen LogP contribution in [-0.4, -0.2) is 56.7 Å². The van der Waals surface area contributed by atoms with Gasteiger partial charge >= 0.3 is 0 Å². The summed E-state index contributed by atoms with van der Waals surface area (Å²) >= 11 is 0. The van der Waals surface area contributed by atoms with Crippen molar-refractivity contribution in [2.45, 2.75) is 32.7 Å². The van der Waals surface area contributed by atoms with Crippen LogP contribution < -0.4 is 11.1 Å². The predicted molar refractivity (Wildman–Crippen MR) is 69.9 cm³/mol. The molecule has 0 unspecified atom stereocenters. The van der Waals surface area contributed by atoms with E-state index in [2.05, 4.69) is 31.1 Å². The molecule has 0 radical (unpaired) electrons. The summed E-state index contributed by atoms with van der Waals surface area (Å²) in [5, 5.41) is 2.82. The molecular formula is C12H27N3O2. The Morgan fingerprint density at radius 3 is 2.71 bits per heavy atom. The molecule has 0 atom stereocenters. The van der Waals surface area contributed by atoms with Crippen LogP contribution in [0, 0.1) is 0 Å². The lowest BCUT2D eigenvalue weighted by Gasteiger charge is -2.20. The van der Waals surface area contributed by atoms with Crippen molar-refractivity contribution in [1.29, 1.82) is 0 Å². The molecule has 0 aliphatic heterocycles. The molecule has 0 spiro atoms. The molecule has 0 heterocycles. The second-order valence-corrected chi connectivity index (χ2v) is 4.47. The topological polar surface area (TPSA) is 67.6 Å². The van der Waals surface area contributed by atoms with Crippen molar-refractivity contribution in [3.05, 3.63) is 0 Å². The second-order valence-electron chi connectivity index (χ2n) is 4.47. The Morgan fingerprint density at radius 2 is 2.12 bits per heavy atom. The van der Waals surface area contributed by atoms with Crippen LogP contribution in [0.1, 0.15) is 26.7 Å². The summed E-state index contributed by atoms with van der Waals surface area (Å²) in [5.74, 6) is -0.0596. The monoisotopic (exact) mass is 245 g/mol. The number of nitrogens with zero attached hydrogens (tertiary/aromatic N) is 1. The van der Waals surface area contributed by atoms with E-state index in [0.29, 0.717) is 19.2 Å². The van der Waals surface area contributed by atoms with E-state index in [1.807, 2.05) is 0 Å². The molecule has 0 aromatic heterocycles. The predicted octanol–water partition coefficient (Wildman–Crippen LogP) is 0.198. The number of hydrogen-bond donors (Lipinski definition) is 2. The van der Waals surface area contributed by atoms with Gasteiger partial charge in [0.05, 0.1) is 6.61 Å². The normalized spacial score (nSPS) is 11.2. The number of rotatable bonds is 10. The molecule has 0 fully saturated rings. The van der Waals surface area contributed by atoms with Crippen molar-refractivity contribution >= 4 is 5.91 Å². The lowest BCUT2D eigenvalue weighted by molar-refractivity contribution is -0.125. The maximum Gasteiger partial charge on any atom is 0.245 e. The minimum atomic E-state index is -0.0596. The lowest BCUT2D eigenvalue weighted by atomic mass is 10.2. The van der Waals surface area contributed by atoms with E-state index in [0.717, 1.165) is 25.9 Å². The van der Waals surface area contributed by atoms with E-state index in [1.165, 1.54) is 0 Å². The molecule has 17 heavy (non-hydrogen) atoms. The maximum absolute atomic E-state index is 11.2. The molecule has 5 heteroatoms. The van der Waals surface area contributed by atoms with E-state index < -0.39 is 0 Å². The molecule has 5 nitrogen and oxygen atoms in total. The fraction of sp³-hybridized carbons (Fsp3) is 0.917. The number of ether oxygens (including phenoxy) is 1. The van der Waals surface area contributed by atoms with Crippen molar-refractivity contribution in [3.63, 3.8) is 0 Å². The van der Waals surface area contributed by atoms with Crippen molar-refractivity contribution in [2.75, 3.05) is 39.9 Å². The largest absolute Gasteiger partial charge is 0.370 e. The van der Waals surface area contributed by atoms with Gasteiger partial charge in [-0.25, -0.2) is 0 Å². The Labute approximate surface area is 105 Å². The SMILES string of the molecule is CC(C)N(C)CCCCNC(=O)COCCN. The van der Waals surface area contributed by atoms with Crippen LogP contribution in [0.4, 0.5) is 0 Å². The molecule has 0 bridgehead atoms. The molecule has 0 aliphatic carbocycles. The molecule has 0 aromatic carbocycles. The van der Waals surface area contributed by atoms with Gasteiger partial charge in [0.1, 0.15) is 6.61 Å². The maximum atomic E-state index is 11.2. The quantitative estimate of drug-likeness (QED) is 0.540. The number of unbranched alkanes of at least 4 members (excludes halogenated alkanes) is 1. The van der Waals surface area contributed by atoms with Crippen molar-refractivity contribution < 1.29 is 9.53 Å². The highest BCUT2D eigenvalue weighted by atomic mass is 16.5. The van der Waals surface area contributed by atoms with Gasteiger partial charge < -0.3 is 20.7 Å². The van der Waals surface area contributed by atoms with Crippen molar-refractivity contribution in [3.8, 4) is 0 Å². The molecule has 0 aliphatic rings. The number of nitrogens with two attached hydrogens (primary N) is 1. The average molecular weight is 245 g/mol. The van der Waals surface area contributed by atoms with Crippen LogP contribution in [0.15, 0.2) is 0 Å². The molecule has 102 valence electrons. The van der Waals surface area contributed by atoms with Gasteiger partial charge in [-0.05, 0) is 40.3 Å². The van der Waals surface area contributed by atoms with Crippen LogP contribution in [0.2, 0.25) is 0 Å². The minimum absolute atomic E-state index is 0.0596. The van der Waals surface area contributed by atoms with E-state index >= 15 is 0 Å². The van der Waals surface area contributed by atoms with E-state index in [4.69, 9.17) is 10.5 Å². The van der Waals surface area contributed by atoms with Crippen LogP contribution in [0.5, 0.6) is 0 Å². The number of carbonyl (C=O) groups excluding carboxylic acids is 1. The molecule has 0 saturated heterocycles. The number of nitrogens with one attached hydrogen (secondary N) is 1. The standard InChI is InChI=1S/C12H27N3O2/c1-11(2)15(3)8-5-4-7-14-12(16)10-17-9-6-13/h11H,4-10,13H2,1-3H3,(H,14,16). The molecule has 1 amide bonds. The summed E-state index contributed by atoms with van der Waals surface area (Å²) in [7, 11) is 2.11. The Hall–Kier alpha value is -0.650. The van der Waals surface area contributed by atoms with Crippen LogP contribution in [0.25, 0.3) is 0 Å². The summed E-state index contributed by atoms with van der Waals surface area (Å²) in [5.41, 5.74) is 5.25. The summed E-state index contributed by atoms with van der Waals surface area (Å²) in [6, 6.07) is 0.578. The molecule has 0 aromatic rings. The number of amides is 1. The Morgan fingerprint density at radius 1 is 1.41 bits per heavy atom. The zero-order chi connectivity index (χ0) is 13.1. The fourth-order valence-electron chi connectivity index (χ4n) is 1.27. The first-order valence-corrected chi connectivity index (χ1v) is 6.32. The van der Waals surface area contributed by atoms with Crippen molar-refractivity contribution in [1.82, 2.24) is 10.2 Å². The van der Waals surface area contributed by atoms with Gasteiger partial charge in [0.15, 0.2) is 0 Å². The third-order valence-electron chi connectivity index (χ3n) is 2.64. The van der Waals surface area contributed by atoms with Crippen LogP contribution in [0.3, 0.4) is 0 Å². The molecule has 3 N–H and O–H groups in total. The van der Waals surface area contributed by atoms with E-state index in [1.54, 1.807) is 0 Å². The van der Waals surface area contributed by atoms with Gasteiger partial charge in [-0.3, -0.25) is 4.79 Å².